The number of nitrogens with one attached hydrogen (secondary N) is 1. The maximum absolute atomic E-state index is 12.0. The second-order valence-electron chi connectivity index (χ2n) is 3.96. The first-order chi connectivity index (χ1) is 9.22. The SMILES string of the molecule is O=C(NCc1ccc(Cl)s1)c1ccc2c(c1)OCO2. The summed E-state index contributed by atoms with van der Waals surface area (Å²) in [4.78, 5) is 13.0. The van der Waals surface area contributed by atoms with Gasteiger partial charge in [0.2, 0.25) is 6.79 Å². The molecule has 6 heteroatoms. The van der Waals surface area contributed by atoms with E-state index in [9.17, 15) is 4.79 Å². The number of carbonyl (C=O) groups excluding carboxylic acids is 1. The molecule has 1 amide bonds. The van der Waals surface area contributed by atoms with E-state index < -0.39 is 0 Å². The second kappa shape index (κ2) is 5.11. The Morgan fingerprint density at radius 1 is 1.26 bits per heavy atom. The zero-order chi connectivity index (χ0) is 13.2. The molecule has 1 N–H and O–H groups in total. The molecule has 4 nitrogen and oxygen atoms in total. The van der Waals surface area contributed by atoms with Crippen molar-refractivity contribution >= 4 is 28.8 Å². The summed E-state index contributed by atoms with van der Waals surface area (Å²) in [5.74, 6) is 1.12. The van der Waals surface area contributed by atoms with Gasteiger partial charge in [-0.3, -0.25) is 4.79 Å². The van der Waals surface area contributed by atoms with E-state index in [0.29, 0.717) is 27.9 Å². The predicted molar refractivity (Wildman–Crippen MR) is 73.1 cm³/mol. The number of halogens is 1. The fraction of sp³-hybridized carbons (Fsp3) is 0.154. The Kier molecular flexibility index (Phi) is 3.31. The van der Waals surface area contributed by atoms with Crippen molar-refractivity contribution in [1.29, 1.82) is 0 Å². The summed E-state index contributed by atoms with van der Waals surface area (Å²) in [5.41, 5.74) is 0.548. The molecule has 2 heterocycles. The summed E-state index contributed by atoms with van der Waals surface area (Å²) in [5, 5.41) is 2.84. The zero-order valence-corrected chi connectivity index (χ0v) is 11.4. The van der Waals surface area contributed by atoms with E-state index in [1.54, 1.807) is 18.2 Å². The van der Waals surface area contributed by atoms with E-state index in [1.807, 2.05) is 12.1 Å². The quantitative estimate of drug-likeness (QED) is 0.947. The summed E-state index contributed by atoms with van der Waals surface area (Å²) in [6.07, 6.45) is 0. The molecule has 0 spiro atoms. The Bertz CT molecular complexity index is 626. The molecule has 0 atom stereocenters. The lowest BCUT2D eigenvalue weighted by atomic mass is 10.2. The third-order valence-electron chi connectivity index (χ3n) is 2.69. The lowest BCUT2D eigenvalue weighted by Crippen LogP contribution is -2.22. The Morgan fingerprint density at radius 3 is 2.89 bits per heavy atom. The van der Waals surface area contributed by atoms with Crippen LogP contribution in [0.4, 0.5) is 0 Å². The number of rotatable bonds is 3. The molecular formula is C13H10ClNO3S. The number of ether oxygens (including phenoxy) is 2. The van der Waals surface area contributed by atoms with Crippen LogP contribution in [-0.2, 0) is 6.54 Å². The van der Waals surface area contributed by atoms with Gasteiger partial charge in [0.25, 0.3) is 5.91 Å². The molecule has 1 aliphatic heterocycles. The maximum Gasteiger partial charge on any atom is 0.251 e. The molecule has 0 radical (unpaired) electrons. The molecule has 0 bridgehead atoms. The number of fused-ring (bicyclic) bond motifs is 1. The highest BCUT2D eigenvalue weighted by molar-refractivity contribution is 7.16. The van der Waals surface area contributed by atoms with Gasteiger partial charge in [-0.15, -0.1) is 11.3 Å². The first-order valence-corrected chi connectivity index (χ1v) is 6.84. The molecular weight excluding hydrogens is 286 g/mol. The zero-order valence-electron chi connectivity index (χ0n) is 9.81. The molecule has 0 saturated heterocycles. The third-order valence-corrected chi connectivity index (χ3v) is 3.92. The van der Waals surface area contributed by atoms with Gasteiger partial charge in [-0.2, -0.15) is 0 Å². The van der Waals surface area contributed by atoms with Crippen molar-refractivity contribution in [3.63, 3.8) is 0 Å². The summed E-state index contributed by atoms with van der Waals surface area (Å²) in [6.45, 7) is 0.665. The van der Waals surface area contributed by atoms with Crippen LogP contribution < -0.4 is 14.8 Å². The Labute approximate surface area is 118 Å². The highest BCUT2D eigenvalue weighted by Crippen LogP contribution is 2.32. The first-order valence-electron chi connectivity index (χ1n) is 5.64. The van der Waals surface area contributed by atoms with Crippen LogP contribution >= 0.6 is 22.9 Å². The van der Waals surface area contributed by atoms with Gasteiger partial charge in [0.1, 0.15) is 0 Å². The standard InChI is InChI=1S/C13H10ClNO3S/c14-12-4-2-9(19-12)6-15-13(16)8-1-3-10-11(5-8)18-7-17-10/h1-5H,6-7H2,(H,15,16). The van der Waals surface area contributed by atoms with Gasteiger partial charge in [0.15, 0.2) is 11.5 Å². The van der Waals surface area contributed by atoms with Gasteiger partial charge < -0.3 is 14.8 Å². The molecule has 98 valence electrons. The van der Waals surface area contributed by atoms with Crippen molar-refractivity contribution in [2.45, 2.75) is 6.54 Å². The molecule has 1 aliphatic rings. The molecule has 2 aromatic rings. The van der Waals surface area contributed by atoms with Gasteiger partial charge >= 0.3 is 0 Å². The average molecular weight is 296 g/mol. The fourth-order valence-corrected chi connectivity index (χ4v) is 2.78. The summed E-state index contributed by atoms with van der Waals surface area (Å²) in [7, 11) is 0. The highest BCUT2D eigenvalue weighted by Gasteiger charge is 2.16. The van der Waals surface area contributed by atoms with Gasteiger partial charge in [0.05, 0.1) is 10.9 Å². The molecule has 0 fully saturated rings. The van der Waals surface area contributed by atoms with E-state index in [0.717, 1.165) is 4.88 Å². The van der Waals surface area contributed by atoms with Gasteiger partial charge in [-0.1, -0.05) is 11.6 Å². The molecule has 1 aromatic heterocycles. The normalized spacial score (nSPS) is 12.5. The predicted octanol–water partition coefficient (Wildman–Crippen LogP) is 3.06. The van der Waals surface area contributed by atoms with Crippen LogP contribution in [0.2, 0.25) is 4.34 Å². The minimum Gasteiger partial charge on any atom is -0.454 e. The Morgan fingerprint density at radius 2 is 2.11 bits per heavy atom. The van der Waals surface area contributed by atoms with Crippen molar-refractivity contribution in [2.24, 2.45) is 0 Å². The number of amides is 1. The van der Waals surface area contributed by atoms with Crippen LogP contribution in [0, 0.1) is 0 Å². The number of thiophene rings is 1. The monoisotopic (exact) mass is 295 g/mol. The van der Waals surface area contributed by atoms with E-state index in [-0.39, 0.29) is 12.7 Å². The molecule has 0 aliphatic carbocycles. The minimum absolute atomic E-state index is 0.150. The smallest absolute Gasteiger partial charge is 0.251 e. The van der Waals surface area contributed by atoms with E-state index >= 15 is 0 Å². The first kappa shape index (κ1) is 12.3. The van der Waals surface area contributed by atoms with Crippen LogP contribution in [0.15, 0.2) is 30.3 Å². The average Bonchev–Trinajstić information content (AvgIpc) is 3.03. The summed E-state index contributed by atoms with van der Waals surface area (Å²) >= 11 is 7.28. The van der Waals surface area contributed by atoms with Gasteiger partial charge in [-0.05, 0) is 30.3 Å². The largest absolute Gasteiger partial charge is 0.454 e. The minimum atomic E-state index is -0.150. The Hall–Kier alpha value is -1.72. The molecule has 0 saturated carbocycles. The maximum atomic E-state index is 12.0. The van der Waals surface area contributed by atoms with E-state index in [2.05, 4.69) is 5.32 Å². The van der Waals surface area contributed by atoms with E-state index in [1.165, 1.54) is 11.3 Å². The number of hydrogen-bond donors (Lipinski definition) is 1. The van der Waals surface area contributed by atoms with Crippen LogP contribution in [0.25, 0.3) is 0 Å². The van der Waals surface area contributed by atoms with Gasteiger partial charge in [-0.25, -0.2) is 0 Å². The fourth-order valence-electron chi connectivity index (χ4n) is 1.75. The topological polar surface area (TPSA) is 47.6 Å². The van der Waals surface area contributed by atoms with Crippen LogP contribution in [-0.4, -0.2) is 12.7 Å². The number of hydrogen-bond acceptors (Lipinski definition) is 4. The second-order valence-corrected chi connectivity index (χ2v) is 5.76. The van der Waals surface area contributed by atoms with Crippen LogP contribution in [0.3, 0.4) is 0 Å². The summed E-state index contributed by atoms with van der Waals surface area (Å²) in [6, 6.07) is 8.84. The highest BCUT2D eigenvalue weighted by atomic mass is 35.5. The van der Waals surface area contributed by atoms with Crippen molar-refractivity contribution < 1.29 is 14.3 Å². The summed E-state index contributed by atoms with van der Waals surface area (Å²) < 4.78 is 11.2. The van der Waals surface area contributed by atoms with Crippen LogP contribution in [0.1, 0.15) is 15.2 Å². The van der Waals surface area contributed by atoms with Crippen molar-refractivity contribution in [2.75, 3.05) is 6.79 Å². The van der Waals surface area contributed by atoms with Crippen molar-refractivity contribution in [3.05, 3.63) is 45.1 Å². The Balaban J connectivity index is 1.67. The lowest BCUT2D eigenvalue weighted by Gasteiger charge is -2.04. The van der Waals surface area contributed by atoms with Crippen molar-refractivity contribution in [3.8, 4) is 11.5 Å². The van der Waals surface area contributed by atoms with E-state index in [4.69, 9.17) is 21.1 Å². The van der Waals surface area contributed by atoms with Crippen LogP contribution in [0.5, 0.6) is 11.5 Å². The lowest BCUT2D eigenvalue weighted by molar-refractivity contribution is 0.0951. The molecule has 1 aromatic carbocycles. The molecule has 3 rings (SSSR count). The van der Waals surface area contributed by atoms with Crippen molar-refractivity contribution in [1.82, 2.24) is 5.32 Å². The molecule has 19 heavy (non-hydrogen) atoms. The number of benzene rings is 1. The number of carbonyl (C=O) groups is 1. The third kappa shape index (κ3) is 2.67. The molecule has 0 unspecified atom stereocenters. The van der Waals surface area contributed by atoms with Gasteiger partial charge in [0, 0.05) is 10.4 Å².